The van der Waals surface area contributed by atoms with Gasteiger partial charge in [0.2, 0.25) is 0 Å². The van der Waals surface area contributed by atoms with Gasteiger partial charge in [0.1, 0.15) is 23.1 Å². The van der Waals surface area contributed by atoms with E-state index in [-0.39, 0.29) is 17.8 Å². The van der Waals surface area contributed by atoms with Gasteiger partial charge in [0.05, 0.1) is 4.92 Å². The Morgan fingerprint density at radius 2 is 1.39 bits per heavy atom. The molecule has 7 nitrogen and oxygen atoms in total. The highest BCUT2D eigenvalue weighted by Gasteiger charge is 2.28. The van der Waals surface area contributed by atoms with Crippen molar-refractivity contribution in [2.24, 2.45) is 0 Å². The van der Waals surface area contributed by atoms with Crippen molar-refractivity contribution in [1.29, 1.82) is 0 Å². The van der Waals surface area contributed by atoms with Crippen LogP contribution in [0.3, 0.4) is 0 Å². The number of aliphatic carboxylic acids is 1. The van der Waals surface area contributed by atoms with E-state index < -0.39 is 16.9 Å². The molecule has 0 amide bonds. The Balaban J connectivity index is 1.32. The van der Waals surface area contributed by atoms with Crippen molar-refractivity contribution < 1.29 is 19.2 Å². The molecule has 0 bridgehead atoms. The van der Waals surface area contributed by atoms with Crippen molar-refractivity contribution in [1.82, 2.24) is 0 Å². The van der Waals surface area contributed by atoms with E-state index in [1.807, 2.05) is 91.0 Å². The Kier molecular flexibility index (Phi) is 7.93. The molecule has 0 aliphatic carbocycles. The molecule has 1 atom stereocenters. The predicted molar refractivity (Wildman–Crippen MR) is 173 cm³/mol. The quantitative estimate of drug-likeness (QED) is 0.129. The summed E-state index contributed by atoms with van der Waals surface area (Å²) < 4.78 is 6.30. The van der Waals surface area contributed by atoms with Crippen LogP contribution in [0.2, 0.25) is 0 Å². The summed E-state index contributed by atoms with van der Waals surface area (Å²) in [4.78, 5) is 25.4. The summed E-state index contributed by atoms with van der Waals surface area (Å²) in [5.74, 6) is -0.180. The van der Waals surface area contributed by atoms with E-state index in [0.717, 1.165) is 44.5 Å². The number of nitrogens with zero attached hydrogens (tertiary/aromatic N) is 2. The second-order valence-corrected chi connectivity index (χ2v) is 10.8. The first kappa shape index (κ1) is 28.4. The van der Waals surface area contributed by atoms with Crippen LogP contribution in [0.15, 0.2) is 132 Å². The zero-order valence-electron chi connectivity index (χ0n) is 24.1. The van der Waals surface area contributed by atoms with Crippen molar-refractivity contribution in [3.05, 3.63) is 154 Å². The Morgan fingerprint density at radius 1 is 0.795 bits per heavy atom. The van der Waals surface area contributed by atoms with E-state index in [9.17, 15) is 20.0 Å². The molecule has 0 fully saturated rings. The Bertz CT molecular complexity index is 1930. The van der Waals surface area contributed by atoms with Crippen LogP contribution in [0.1, 0.15) is 16.9 Å². The molecule has 0 unspecified atom stereocenters. The molecule has 1 aromatic heterocycles. The largest absolute Gasteiger partial charge is 0.480 e. The molecule has 218 valence electrons. The predicted octanol–water partition coefficient (Wildman–Crippen LogP) is 8.40. The number of carbonyl (C=O) groups is 1. The van der Waals surface area contributed by atoms with Crippen LogP contribution in [0, 0.1) is 10.1 Å². The van der Waals surface area contributed by atoms with E-state index in [2.05, 4.69) is 18.2 Å². The number of fused-ring (bicyclic) bond motifs is 1. The minimum atomic E-state index is -1.05. The molecule has 0 radical (unpaired) electrons. The summed E-state index contributed by atoms with van der Waals surface area (Å²) in [6.45, 7) is 0. The average molecular weight is 583 g/mol. The monoisotopic (exact) mass is 582 g/mol. The molecule has 0 saturated carbocycles. The number of nitro groups is 1. The summed E-state index contributed by atoms with van der Waals surface area (Å²) >= 11 is 0. The fourth-order valence-electron chi connectivity index (χ4n) is 5.69. The number of hydrogen-bond donors (Lipinski definition) is 1. The van der Waals surface area contributed by atoms with Crippen LogP contribution < -0.4 is 4.90 Å². The minimum absolute atomic E-state index is 0.153. The third kappa shape index (κ3) is 5.80. The minimum Gasteiger partial charge on any atom is -0.480 e. The number of benzene rings is 5. The highest BCUT2D eigenvalue weighted by molar-refractivity contribution is 5.96. The van der Waals surface area contributed by atoms with E-state index in [1.165, 1.54) is 11.0 Å². The molecule has 0 saturated heterocycles. The zero-order valence-corrected chi connectivity index (χ0v) is 24.1. The molecular formula is C37H30N2O5. The van der Waals surface area contributed by atoms with E-state index in [0.29, 0.717) is 12.0 Å². The molecule has 6 rings (SSSR count). The molecule has 44 heavy (non-hydrogen) atoms. The molecule has 1 N–H and O–H groups in total. The first-order valence-corrected chi connectivity index (χ1v) is 14.3. The van der Waals surface area contributed by atoms with Gasteiger partial charge in [-0.15, -0.1) is 0 Å². The van der Waals surface area contributed by atoms with Crippen LogP contribution in [0.5, 0.6) is 0 Å². The summed E-state index contributed by atoms with van der Waals surface area (Å²) in [6, 6.07) is 39.3. The summed E-state index contributed by atoms with van der Waals surface area (Å²) in [7, 11) is 1.58. The Labute approximate surface area is 254 Å². The molecule has 5 aromatic carbocycles. The Morgan fingerprint density at radius 3 is 2.05 bits per heavy atom. The lowest BCUT2D eigenvalue weighted by Crippen LogP contribution is -2.40. The molecule has 0 spiro atoms. The fourth-order valence-corrected chi connectivity index (χ4v) is 5.69. The normalized spacial score (nSPS) is 11.8. The molecular weight excluding hydrogens is 552 g/mol. The van der Waals surface area contributed by atoms with Gasteiger partial charge in [0, 0.05) is 36.9 Å². The number of carboxylic acid groups (broad SMARTS) is 1. The third-order valence-electron chi connectivity index (χ3n) is 7.96. The lowest BCUT2D eigenvalue weighted by atomic mass is 9.96. The van der Waals surface area contributed by atoms with Gasteiger partial charge in [-0.2, -0.15) is 0 Å². The van der Waals surface area contributed by atoms with Crippen molar-refractivity contribution in [2.75, 3.05) is 11.9 Å². The van der Waals surface area contributed by atoms with Gasteiger partial charge in [-0.25, -0.2) is 4.79 Å². The maximum absolute atomic E-state index is 12.2. The molecule has 1 heterocycles. The van der Waals surface area contributed by atoms with Gasteiger partial charge < -0.3 is 14.4 Å². The summed E-state index contributed by atoms with van der Waals surface area (Å²) in [6.07, 6.45) is 0.859. The first-order chi connectivity index (χ1) is 21.4. The van der Waals surface area contributed by atoms with Gasteiger partial charge in [-0.3, -0.25) is 10.1 Å². The maximum atomic E-state index is 12.2. The molecule has 0 aliphatic heterocycles. The van der Waals surface area contributed by atoms with Crippen LogP contribution in [0.25, 0.3) is 33.2 Å². The second-order valence-electron chi connectivity index (χ2n) is 10.8. The van der Waals surface area contributed by atoms with Crippen LogP contribution in [-0.2, 0) is 17.6 Å². The van der Waals surface area contributed by atoms with E-state index >= 15 is 0 Å². The van der Waals surface area contributed by atoms with Crippen molar-refractivity contribution >= 4 is 28.3 Å². The number of likely N-dealkylation sites (N-methyl/N-ethyl adjacent to an activating group) is 1. The fraction of sp³-hybridized carbons (Fsp3) is 0.108. The van der Waals surface area contributed by atoms with Gasteiger partial charge in [-0.05, 0) is 39.9 Å². The topological polar surface area (TPSA) is 96.8 Å². The number of anilines is 1. The number of hydrogen-bond acceptors (Lipinski definition) is 5. The standard InChI is InChI=1S/C37H30N2O5/c1-38(33(37(40)41)22-25-10-4-2-5-11-25)31-21-20-29(24-32(31)39(42)43)27-16-18-28(19-17-27)36-30-14-8-9-15-34(30)44-35(36)23-26-12-6-3-7-13-26/h2-21,24,33H,22-23H2,1H3,(H,40,41)/t33-/m0/s1. The molecule has 0 aliphatic rings. The molecule has 7 heteroatoms. The number of nitro benzene ring substituents is 1. The van der Waals surface area contributed by atoms with Crippen LogP contribution in [-0.4, -0.2) is 29.1 Å². The van der Waals surface area contributed by atoms with Crippen LogP contribution in [0.4, 0.5) is 11.4 Å². The first-order valence-electron chi connectivity index (χ1n) is 14.3. The highest BCUT2D eigenvalue weighted by atomic mass is 16.6. The zero-order chi connectivity index (χ0) is 30.6. The maximum Gasteiger partial charge on any atom is 0.326 e. The number of para-hydroxylation sites is 1. The van der Waals surface area contributed by atoms with E-state index in [4.69, 9.17) is 4.42 Å². The van der Waals surface area contributed by atoms with Crippen molar-refractivity contribution in [2.45, 2.75) is 18.9 Å². The summed E-state index contributed by atoms with van der Waals surface area (Å²) in [5.41, 5.74) is 6.38. The lowest BCUT2D eigenvalue weighted by molar-refractivity contribution is -0.384. The third-order valence-corrected chi connectivity index (χ3v) is 7.96. The average Bonchev–Trinajstić information content (AvgIpc) is 3.41. The number of carboxylic acids is 1. The number of rotatable bonds is 10. The highest BCUT2D eigenvalue weighted by Crippen LogP contribution is 2.38. The lowest BCUT2D eigenvalue weighted by Gasteiger charge is -2.27. The molecule has 6 aromatic rings. The van der Waals surface area contributed by atoms with Crippen LogP contribution >= 0.6 is 0 Å². The van der Waals surface area contributed by atoms with Crippen molar-refractivity contribution in [3.63, 3.8) is 0 Å². The van der Waals surface area contributed by atoms with Gasteiger partial charge in [0.15, 0.2) is 0 Å². The number of furan rings is 1. The van der Waals surface area contributed by atoms with Gasteiger partial charge in [0.25, 0.3) is 5.69 Å². The SMILES string of the molecule is CN(c1ccc(-c2ccc(-c3c(Cc4ccccc4)oc4ccccc34)cc2)cc1[N+](=O)[O-])[C@@H](Cc1ccccc1)C(=O)O. The van der Waals surface area contributed by atoms with E-state index in [1.54, 1.807) is 19.2 Å². The second kappa shape index (κ2) is 12.3. The smallest absolute Gasteiger partial charge is 0.326 e. The Hall–Kier alpha value is -5.69. The van der Waals surface area contributed by atoms with Gasteiger partial charge >= 0.3 is 5.97 Å². The van der Waals surface area contributed by atoms with Crippen molar-refractivity contribution in [3.8, 4) is 22.3 Å². The van der Waals surface area contributed by atoms with Gasteiger partial charge in [-0.1, -0.05) is 109 Å². The summed E-state index contributed by atoms with van der Waals surface area (Å²) in [5, 5.41) is 23.2.